The van der Waals surface area contributed by atoms with Gasteiger partial charge in [0.15, 0.2) is 0 Å². The van der Waals surface area contributed by atoms with Crippen molar-refractivity contribution in [3.8, 4) is 6.07 Å². The maximum absolute atomic E-state index is 12.8. The molecule has 0 saturated heterocycles. The van der Waals surface area contributed by atoms with Gasteiger partial charge in [0, 0.05) is 13.1 Å². The Bertz CT molecular complexity index is 806. The Labute approximate surface area is 133 Å². The van der Waals surface area contributed by atoms with E-state index in [0.29, 0.717) is 0 Å². The molecule has 1 aromatic carbocycles. The molecule has 2 rings (SSSR count). The highest BCUT2D eigenvalue weighted by Gasteiger charge is 2.31. The van der Waals surface area contributed by atoms with Crippen LogP contribution in [0.4, 0.5) is 24.5 Å². The lowest BCUT2D eigenvalue weighted by molar-refractivity contribution is -0.137. The molecule has 1 heterocycles. The highest BCUT2D eigenvalue weighted by molar-refractivity contribution is 5.93. The quantitative estimate of drug-likeness (QED) is 0.736. The monoisotopic (exact) mass is 337 g/mol. The molecule has 0 aliphatic rings. The lowest BCUT2D eigenvalue weighted by atomic mass is 10.1. The van der Waals surface area contributed by atoms with E-state index < -0.39 is 17.6 Å². The van der Waals surface area contributed by atoms with Crippen LogP contribution in [0.1, 0.15) is 18.3 Å². The highest BCUT2D eigenvalue weighted by Crippen LogP contribution is 2.34. The summed E-state index contributed by atoms with van der Waals surface area (Å²) < 4.78 is 38.5. The van der Waals surface area contributed by atoms with E-state index in [1.54, 1.807) is 6.07 Å². The predicted octanol–water partition coefficient (Wildman–Crippen LogP) is 2.15. The lowest BCUT2D eigenvalue weighted by Crippen LogP contribution is -2.10. The third-order valence-electron chi connectivity index (χ3n) is 2.74. The van der Waals surface area contributed by atoms with Gasteiger partial charge in [-0.25, -0.2) is 0 Å². The first-order valence-corrected chi connectivity index (χ1v) is 6.40. The van der Waals surface area contributed by atoms with Crippen molar-refractivity contribution in [2.45, 2.75) is 13.1 Å². The number of H-pyrrole nitrogens is 1. The van der Waals surface area contributed by atoms with Gasteiger partial charge in [-0.05, 0) is 23.4 Å². The number of carbonyl (C=O) groups excluding carboxylic acids is 1. The summed E-state index contributed by atoms with van der Waals surface area (Å²) in [7, 11) is 0. The molecule has 0 bridgehead atoms. The molecule has 0 aliphatic carbocycles. The number of hydrogen-bond acceptors (Lipinski definition) is 6. The Kier molecular flexibility index (Phi) is 4.78. The van der Waals surface area contributed by atoms with Gasteiger partial charge in [-0.2, -0.15) is 23.6 Å². The van der Waals surface area contributed by atoms with E-state index >= 15 is 0 Å². The van der Waals surface area contributed by atoms with Crippen molar-refractivity contribution >= 4 is 22.9 Å². The first kappa shape index (κ1) is 16.9. The van der Waals surface area contributed by atoms with Gasteiger partial charge in [-0.15, -0.1) is 10.2 Å². The van der Waals surface area contributed by atoms with E-state index in [1.807, 2.05) is 0 Å². The van der Waals surface area contributed by atoms with Crippen LogP contribution < -0.4 is 10.6 Å². The average Bonchev–Trinajstić information content (AvgIpc) is 3.02. The largest absolute Gasteiger partial charge is 0.416 e. The van der Waals surface area contributed by atoms with Gasteiger partial charge in [-0.3, -0.25) is 4.79 Å². The van der Waals surface area contributed by atoms with E-state index in [2.05, 4.69) is 31.3 Å². The molecule has 1 aromatic heterocycles. The number of nitrogens with one attached hydrogen (secondary N) is 3. The van der Waals surface area contributed by atoms with Crippen molar-refractivity contribution in [1.29, 1.82) is 5.26 Å². The van der Waals surface area contributed by atoms with Gasteiger partial charge in [0.05, 0.1) is 16.9 Å². The molecule has 3 N–H and O–H groups in total. The molecule has 0 spiro atoms. The Morgan fingerprint density at radius 1 is 1.38 bits per heavy atom. The molecule has 2 aromatic rings. The van der Waals surface area contributed by atoms with E-state index in [9.17, 15) is 18.0 Å². The molecule has 0 saturated carbocycles. The molecule has 0 radical (unpaired) electrons. The van der Waals surface area contributed by atoms with Crippen molar-refractivity contribution in [3.63, 3.8) is 0 Å². The molecule has 0 atom stereocenters. The Hall–Kier alpha value is -3.42. The smallest absolute Gasteiger partial charge is 0.359 e. The maximum Gasteiger partial charge on any atom is 0.416 e. The summed E-state index contributed by atoms with van der Waals surface area (Å²) in [6.07, 6.45) is -3.44. The number of alkyl halides is 3. The van der Waals surface area contributed by atoms with Crippen molar-refractivity contribution < 1.29 is 18.0 Å². The molecular weight excluding hydrogens is 327 g/mol. The number of anilines is 2. The zero-order valence-electron chi connectivity index (χ0n) is 12.1. The fraction of sp³-hybridized carbons (Fsp3) is 0.154. The summed E-state index contributed by atoms with van der Waals surface area (Å²) in [5.41, 5.74) is -0.895. The predicted molar refractivity (Wildman–Crippen MR) is 77.1 cm³/mol. The van der Waals surface area contributed by atoms with Crippen LogP contribution in [0.5, 0.6) is 0 Å². The number of rotatable bonds is 4. The molecule has 0 unspecified atom stereocenters. The molecule has 0 aliphatic heterocycles. The lowest BCUT2D eigenvalue weighted by Gasteiger charge is -2.13. The van der Waals surface area contributed by atoms with Crippen LogP contribution in [0.15, 0.2) is 24.4 Å². The first-order valence-electron chi connectivity index (χ1n) is 6.40. The third-order valence-corrected chi connectivity index (χ3v) is 2.74. The second kappa shape index (κ2) is 6.78. The summed E-state index contributed by atoms with van der Waals surface area (Å²) >= 11 is 0. The van der Waals surface area contributed by atoms with E-state index in [1.165, 1.54) is 6.92 Å². The zero-order valence-corrected chi connectivity index (χ0v) is 12.1. The first-order chi connectivity index (χ1) is 11.3. The van der Waals surface area contributed by atoms with Gasteiger partial charge >= 0.3 is 6.18 Å². The summed E-state index contributed by atoms with van der Waals surface area (Å²) in [6.45, 7) is 1.22. The molecule has 1 amide bonds. The van der Waals surface area contributed by atoms with Gasteiger partial charge in [0.25, 0.3) is 0 Å². The summed E-state index contributed by atoms with van der Waals surface area (Å²) in [4.78, 5) is 11.2. The van der Waals surface area contributed by atoms with E-state index in [0.717, 1.165) is 24.4 Å². The normalized spacial score (nSPS) is 11.7. The summed E-state index contributed by atoms with van der Waals surface area (Å²) in [6, 6.07) is 4.55. The minimum atomic E-state index is -4.55. The number of aromatic amines is 1. The van der Waals surface area contributed by atoms with E-state index in [-0.39, 0.29) is 22.8 Å². The number of halogens is 3. The second-order valence-corrected chi connectivity index (χ2v) is 4.49. The number of allylic oxidation sites excluding steroid dienone is 1. The van der Waals surface area contributed by atoms with Gasteiger partial charge in [0.1, 0.15) is 11.6 Å². The molecule has 8 nitrogen and oxygen atoms in total. The average molecular weight is 337 g/mol. The Morgan fingerprint density at radius 3 is 2.67 bits per heavy atom. The second-order valence-electron chi connectivity index (χ2n) is 4.49. The fourth-order valence-electron chi connectivity index (χ4n) is 1.71. The number of nitriles is 1. The molecular formula is C13H10F3N7O. The summed E-state index contributed by atoms with van der Waals surface area (Å²) in [5, 5.41) is 26.6. The molecule has 24 heavy (non-hydrogen) atoms. The topological polar surface area (TPSA) is 119 Å². The van der Waals surface area contributed by atoms with Crippen LogP contribution in [0.25, 0.3) is 5.57 Å². The minimum absolute atomic E-state index is 0.0296. The number of tetrazole rings is 1. The molecule has 0 fully saturated rings. The van der Waals surface area contributed by atoms with Gasteiger partial charge in [-0.1, -0.05) is 0 Å². The maximum atomic E-state index is 12.8. The van der Waals surface area contributed by atoms with Crippen molar-refractivity contribution in [2.24, 2.45) is 0 Å². The number of benzene rings is 1. The molecule has 11 heteroatoms. The van der Waals surface area contributed by atoms with Crippen LogP contribution in [0.2, 0.25) is 0 Å². The van der Waals surface area contributed by atoms with Gasteiger partial charge < -0.3 is 10.6 Å². The number of hydrogen-bond donors (Lipinski definition) is 3. The van der Waals surface area contributed by atoms with Crippen molar-refractivity contribution in [1.82, 2.24) is 20.6 Å². The Balaban J connectivity index is 2.39. The van der Waals surface area contributed by atoms with Crippen LogP contribution >= 0.6 is 0 Å². The van der Waals surface area contributed by atoms with Crippen LogP contribution in [0, 0.1) is 11.3 Å². The molecule has 124 valence electrons. The third kappa shape index (κ3) is 4.07. The van der Waals surface area contributed by atoms with Crippen LogP contribution in [-0.4, -0.2) is 26.5 Å². The summed E-state index contributed by atoms with van der Waals surface area (Å²) in [5.74, 6) is -0.487. The van der Waals surface area contributed by atoms with Crippen LogP contribution in [-0.2, 0) is 11.0 Å². The van der Waals surface area contributed by atoms with E-state index in [4.69, 9.17) is 5.26 Å². The fourth-order valence-corrected chi connectivity index (χ4v) is 1.71. The van der Waals surface area contributed by atoms with Gasteiger partial charge in [0.2, 0.25) is 11.7 Å². The minimum Gasteiger partial charge on any atom is -0.359 e. The standard InChI is InChI=1S/C13H10F3N7O/c1-7(24)19-10-3-2-9(13(14,15)16)4-11(10)18-6-8(5-17)12-20-22-23-21-12/h2-4,6,18H,1H3,(H,19,24)(H,20,21,22,23). The SMILES string of the molecule is CC(=O)Nc1ccc(C(F)(F)F)cc1NC=C(C#N)c1nn[nH]n1. The number of nitrogens with zero attached hydrogens (tertiary/aromatic N) is 4. The Morgan fingerprint density at radius 2 is 2.12 bits per heavy atom. The highest BCUT2D eigenvalue weighted by atomic mass is 19.4. The van der Waals surface area contributed by atoms with Crippen molar-refractivity contribution in [2.75, 3.05) is 10.6 Å². The zero-order chi connectivity index (χ0) is 17.7. The number of amides is 1. The number of carbonyl (C=O) groups is 1. The number of aromatic nitrogens is 4. The van der Waals surface area contributed by atoms with Crippen molar-refractivity contribution in [3.05, 3.63) is 35.8 Å². The van der Waals surface area contributed by atoms with Crippen LogP contribution in [0.3, 0.4) is 0 Å².